The average molecular weight is 419 g/mol. The minimum atomic E-state index is -3.68. The molecule has 1 amide bonds. The number of sulfonamides is 1. The Bertz CT molecular complexity index is 910. The number of hydrogen-bond acceptors (Lipinski definition) is 4. The summed E-state index contributed by atoms with van der Waals surface area (Å²) in [4.78, 5) is 13.1. The van der Waals surface area contributed by atoms with E-state index in [1.165, 1.54) is 4.31 Å². The van der Waals surface area contributed by atoms with E-state index in [9.17, 15) is 13.2 Å². The molecule has 0 fully saturated rings. The van der Waals surface area contributed by atoms with E-state index < -0.39 is 21.6 Å². The zero-order valence-electron chi connectivity index (χ0n) is 17.7. The van der Waals surface area contributed by atoms with Crippen LogP contribution in [-0.4, -0.2) is 39.3 Å². The zero-order valence-corrected chi connectivity index (χ0v) is 18.5. The Morgan fingerprint density at radius 1 is 1.10 bits per heavy atom. The van der Waals surface area contributed by atoms with Gasteiger partial charge in [0.25, 0.3) is 0 Å². The molecule has 158 valence electrons. The van der Waals surface area contributed by atoms with Crippen LogP contribution in [0, 0.1) is 0 Å². The first-order valence-electron chi connectivity index (χ1n) is 9.57. The van der Waals surface area contributed by atoms with Crippen molar-refractivity contribution in [1.82, 2.24) is 5.32 Å². The number of rotatable bonds is 9. The second-order valence-electron chi connectivity index (χ2n) is 7.72. The summed E-state index contributed by atoms with van der Waals surface area (Å²) in [5, 5.41) is 3.03. The third kappa shape index (κ3) is 6.22. The van der Waals surface area contributed by atoms with Crippen molar-refractivity contribution in [2.24, 2.45) is 0 Å². The van der Waals surface area contributed by atoms with Gasteiger partial charge in [0.2, 0.25) is 15.9 Å². The van der Waals surface area contributed by atoms with Gasteiger partial charge in [-0.1, -0.05) is 37.3 Å². The molecule has 0 saturated carbocycles. The Morgan fingerprint density at radius 2 is 1.69 bits per heavy atom. The molecule has 2 aromatic carbocycles. The molecule has 0 aromatic heterocycles. The quantitative estimate of drug-likeness (QED) is 0.677. The number of hydrogen-bond donors (Lipinski definition) is 1. The summed E-state index contributed by atoms with van der Waals surface area (Å²) >= 11 is 0. The SMILES string of the molecule is CC[C@@H](C(=O)NC(C)(C)Cc1ccccc1)N(c1ccc(OC)cc1)S(C)(=O)=O. The number of anilines is 1. The van der Waals surface area contributed by atoms with Crippen molar-refractivity contribution in [2.45, 2.75) is 45.2 Å². The van der Waals surface area contributed by atoms with E-state index >= 15 is 0 Å². The second kappa shape index (κ2) is 9.31. The lowest BCUT2D eigenvalue weighted by Gasteiger charge is -2.34. The maximum Gasteiger partial charge on any atom is 0.244 e. The van der Waals surface area contributed by atoms with Crippen LogP contribution in [0.15, 0.2) is 54.6 Å². The van der Waals surface area contributed by atoms with Gasteiger partial charge in [-0.15, -0.1) is 0 Å². The lowest BCUT2D eigenvalue weighted by molar-refractivity contribution is -0.123. The van der Waals surface area contributed by atoms with Crippen LogP contribution in [0.5, 0.6) is 5.75 Å². The van der Waals surface area contributed by atoms with E-state index in [1.54, 1.807) is 38.3 Å². The summed E-state index contributed by atoms with van der Waals surface area (Å²) in [6.07, 6.45) is 2.09. The van der Waals surface area contributed by atoms with Gasteiger partial charge in [-0.05, 0) is 56.5 Å². The summed E-state index contributed by atoms with van der Waals surface area (Å²) in [7, 11) is -2.13. The Balaban J connectivity index is 2.27. The van der Waals surface area contributed by atoms with Gasteiger partial charge < -0.3 is 10.1 Å². The highest BCUT2D eigenvalue weighted by Gasteiger charge is 2.34. The van der Waals surface area contributed by atoms with Gasteiger partial charge in [-0.25, -0.2) is 8.42 Å². The summed E-state index contributed by atoms with van der Waals surface area (Å²) in [5.41, 5.74) is 0.992. The first-order valence-corrected chi connectivity index (χ1v) is 11.4. The number of methoxy groups -OCH3 is 1. The molecule has 0 aliphatic rings. The summed E-state index contributed by atoms with van der Waals surface area (Å²) in [6, 6.07) is 15.7. The number of carbonyl (C=O) groups excluding carboxylic acids is 1. The van der Waals surface area contributed by atoms with Crippen molar-refractivity contribution in [3.05, 3.63) is 60.2 Å². The largest absolute Gasteiger partial charge is 0.497 e. The molecule has 0 bridgehead atoms. The molecule has 0 aliphatic carbocycles. The first kappa shape index (κ1) is 22.7. The lowest BCUT2D eigenvalue weighted by atomic mass is 9.94. The summed E-state index contributed by atoms with van der Waals surface area (Å²) in [5.74, 6) is 0.290. The Hall–Kier alpha value is -2.54. The van der Waals surface area contributed by atoms with Crippen LogP contribution in [0.25, 0.3) is 0 Å². The van der Waals surface area contributed by atoms with E-state index in [2.05, 4.69) is 5.32 Å². The van der Waals surface area contributed by atoms with Crippen molar-refractivity contribution in [2.75, 3.05) is 17.7 Å². The molecule has 0 heterocycles. The smallest absolute Gasteiger partial charge is 0.244 e. The predicted octanol–water partition coefficient (Wildman–Crippen LogP) is 3.38. The molecule has 0 radical (unpaired) electrons. The lowest BCUT2D eigenvalue weighted by Crippen LogP contribution is -2.55. The standard InChI is InChI=1S/C22H30N2O4S/c1-6-20(21(25)23-22(2,3)16-17-10-8-7-9-11-17)24(29(5,26)27)18-12-14-19(28-4)15-13-18/h7-15,20H,6,16H2,1-5H3,(H,23,25)/t20-/m0/s1. The fraction of sp³-hybridized carbons (Fsp3) is 0.409. The van der Waals surface area contributed by atoms with Crippen LogP contribution in [0.4, 0.5) is 5.69 Å². The van der Waals surface area contributed by atoms with E-state index in [0.717, 1.165) is 11.8 Å². The van der Waals surface area contributed by atoms with Gasteiger partial charge in [-0.2, -0.15) is 0 Å². The topological polar surface area (TPSA) is 75.7 Å². The van der Waals surface area contributed by atoms with Gasteiger partial charge >= 0.3 is 0 Å². The number of carbonyl (C=O) groups is 1. The van der Waals surface area contributed by atoms with Gasteiger partial charge in [-0.3, -0.25) is 9.10 Å². The average Bonchev–Trinajstić information content (AvgIpc) is 2.65. The van der Waals surface area contributed by atoms with Crippen molar-refractivity contribution in [1.29, 1.82) is 0 Å². The van der Waals surface area contributed by atoms with E-state index in [0.29, 0.717) is 24.3 Å². The molecule has 1 atom stereocenters. The number of amides is 1. The maximum atomic E-state index is 13.1. The molecule has 7 heteroatoms. The molecule has 0 aliphatic heterocycles. The maximum absolute atomic E-state index is 13.1. The first-order chi connectivity index (χ1) is 13.6. The molecular weight excluding hydrogens is 388 g/mol. The van der Waals surface area contributed by atoms with Crippen LogP contribution in [0.2, 0.25) is 0 Å². The van der Waals surface area contributed by atoms with E-state index in [-0.39, 0.29) is 5.91 Å². The van der Waals surface area contributed by atoms with Crippen molar-refractivity contribution in [3.63, 3.8) is 0 Å². The third-order valence-electron chi connectivity index (χ3n) is 4.61. The molecule has 29 heavy (non-hydrogen) atoms. The fourth-order valence-electron chi connectivity index (χ4n) is 3.36. The molecular formula is C22H30N2O4S. The number of nitrogens with zero attached hydrogens (tertiary/aromatic N) is 1. The fourth-order valence-corrected chi connectivity index (χ4v) is 4.57. The third-order valence-corrected chi connectivity index (χ3v) is 5.79. The monoisotopic (exact) mass is 418 g/mol. The Morgan fingerprint density at radius 3 is 2.17 bits per heavy atom. The summed E-state index contributed by atoms with van der Waals surface area (Å²) < 4.78 is 31.4. The Labute approximate surface area is 173 Å². The Kier molecular flexibility index (Phi) is 7.30. The highest BCUT2D eigenvalue weighted by molar-refractivity contribution is 7.92. The van der Waals surface area contributed by atoms with Gasteiger partial charge in [0.1, 0.15) is 11.8 Å². The molecule has 0 spiro atoms. The van der Waals surface area contributed by atoms with Gasteiger partial charge in [0, 0.05) is 5.54 Å². The molecule has 6 nitrogen and oxygen atoms in total. The second-order valence-corrected chi connectivity index (χ2v) is 9.58. The number of benzene rings is 2. The molecule has 2 aromatic rings. The normalized spacial score (nSPS) is 12.9. The number of ether oxygens (including phenoxy) is 1. The predicted molar refractivity (Wildman–Crippen MR) is 117 cm³/mol. The van der Waals surface area contributed by atoms with Crippen LogP contribution >= 0.6 is 0 Å². The van der Waals surface area contributed by atoms with Crippen LogP contribution < -0.4 is 14.4 Å². The van der Waals surface area contributed by atoms with Crippen molar-refractivity contribution in [3.8, 4) is 5.75 Å². The highest BCUT2D eigenvalue weighted by Crippen LogP contribution is 2.25. The highest BCUT2D eigenvalue weighted by atomic mass is 32.2. The van der Waals surface area contributed by atoms with E-state index in [4.69, 9.17) is 4.74 Å². The van der Waals surface area contributed by atoms with Crippen LogP contribution in [-0.2, 0) is 21.2 Å². The van der Waals surface area contributed by atoms with Crippen molar-refractivity contribution >= 4 is 21.6 Å². The van der Waals surface area contributed by atoms with Gasteiger partial charge in [0.05, 0.1) is 19.1 Å². The molecule has 0 saturated heterocycles. The van der Waals surface area contributed by atoms with Gasteiger partial charge in [0.15, 0.2) is 0 Å². The molecule has 0 unspecified atom stereocenters. The van der Waals surface area contributed by atoms with E-state index in [1.807, 2.05) is 44.2 Å². The minimum Gasteiger partial charge on any atom is -0.497 e. The zero-order chi connectivity index (χ0) is 21.7. The molecule has 2 rings (SSSR count). The van der Waals surface area contributed by atoms with Crippen LogP contribution in [0.3, 0.4) is 0 Å². The van der Waals surface area contributed by atoms with Crippen molar-refractivity contribution < 1.29 is 17.9 Å². The minimum absolute atomic E-state index is 0.324. The summed E-state index contributed by atoms with van der Waals surface area (Å²) in [6.45, 7) is 5.67. The molecule has 1 N–H and O–H groups in total. The number of nitrogens with one attached hydrogen (secondary N) is 1. The van der Waals surface area contributed by atoms with Crippen LogP contribution in [0.1, 0.15) is 32.8 Å².